The summed E-state index contributed by atoms with van der Waals surface area (Å²) in [5, 5.41) is 3.13. The second-order valence-corrected chi connectivity index (χ2v) is 7.84. The molecular formula is C25H18F5N3O6. The Morgan fingerprint density at radius 1 is 0.795 bits per heavy atom. The van der Waals surface area contributed by atoms with E-state index in [4.69, 9.17) is 18.9 Å². The van der Waals surface area contributed by atoms with E-state index < -0.39 is 58.6 Å². The first kappa shape index (κ1) is 27.4. The second-order valence-electron chi connectivity index (χ2n) is 7.84. The van der Waals surface area contributed by atoms with Gasteiger partial charge in [0.1, 0.15) is 25.4 Å². The van der Waals surface area contributed by atoms with E-state index in [1.54, 1.807) is 12.1 Å². The Hall–Kier alpha value is -4.59. The third kappa shape index (κ3) is 5.50. The van der Waals surface area contributed by atoms with E-state index in [1.807, 2.05) is 0 Å². The first-order valence-corrected chi connectivity index (χ1v) is 11.0. The van der Waals surface area contributed by atoms with Crippen LogP contribution in [0.1, 0.15) is 5.56 Å². The predicted molar refractivity (Wildman–Crippen MR) is 124 cm³/mol. The molecule has 0 unspecified atom stereocenters. The number of anilines is 1. The van der Waals surface area contributed by atoms with E-state index in [9.17, 15) is 31.5 Å². The van der Waals surface area contributed by atoms with Gasteiger partial charge in [0.05, 0.1) is 30.5 Å². The van der Waals surface area contributed by atoms with Gasteiger partial charge in [0.15, 0.2) is 40.5 Å². The monoisotopic (exact) mass is 551 g/mol. The largest absolute Gasteiger partial charge is 0.493 e. The summed E-state index contributed by atoms with van der Waals surface area (Å²) in [4.78, 5) is 33.4. The van der Waals surface area contributed by atoms with Gasteiger partial charge in [-0.15, -0.1) is 0 Å². The van der Waals surface area contributed by atoms with Crippen LogP contribution in [0.4, 0.5) is 27.8 Å². The maximum absolute atomic E-state index is 13.9. The maximum atomic E-state index is 13.9. The summed E-state index contributed by atoms with van der Waals surface area (Å²) < 4.78 is 88.7. The number of aromatic nitrogens is 2. The van der Waals surface area contributed by atoms with Gasteiger partial charge in [-0.05, 0) is 6.07 Å². The summed E-state index contributed by atoms with van der Waals surface area (Å²) in [5.74, 6) is -12.4. The number of allylic oxidation sites excluding steroid dienone is 2. The molecule has 204 valence electrons. The summed E-state index contributed by atoms with van der Waals surface area (Å²) in [7, 11) is 2.95. The lowest BCUT2D eigenvalue weighted by Crippen LogP contribution is -2.20. The molecule has 39 heavy (non-hydrogen) atoms. The number of hydrogen-bond donors (Lipinski definition) is 1. The summed E-state index contributed by atoms with van der Waals surface area (Å²) >= 11 is 0. The number of ether oxygens (including phenoxy) is 4. The molecule has 0 saturated carbocycles. The van der Waals surface area contributed by atoms with Crippen molar-refractivity contribution in [1.82, 2.24) is 9.97 Å². The van der Waals surface area contributed by atoms with Crippen molar-refractivity contribution in [3.05, 3.63) is 76.7 Å². The Balaban J connectivity index is 1.54. The van der Waals surface area contributed by atoms with E-state index in [0.29, 0.717) is 35.1 Å². The van der Waals surface area contributed by atoms with Crippen LogP contribution in [-0.4, -0.2) is 49.0 Å². The molecule has 0 bridgehead atoms. The first-order valence-electron chi connectivity index (χ1n) is 11.0. The van der Waals surface area contributed by atoms with Crippen LogP contribution in [0.2, 0.25) is 0 Å². The van der Waals surface area contributed by atoms with Crippen molar-refractivity contribution in [3.63, 3.8) is 0 Å². The molecule has 1 N–H and O–H groups in total. The Kier molecular flexibility index (Phi) is 8.04. The zero-order valence-corrected chi connectivity index (χ0v) is 20.2. The highest BCUT2D eigenvalue weighted by atomic mass is 19.2. The fourth-order valence-electron chi connectivity index (χ4n) is 3.48. The summed E-state index contributed by atoms with van der Waals surface area (Å²) in [5.41, 5.74) is -1.12. The van der Waals surface area contributed by atoms with Crippen molar-refractivity contribution >= 4 is 28.3 Å². The average molecular weight is 551 g/mol. The third-order valence-corrected chi connectivity index (χ3v) is 5.44. The molecule has 0 amide bonds. The van der Waals surface area contributed by atoms with E-state index in [-0.39, 0.29) is 18.1 Å². The minimum Gasteiger partial charge on any atom is -0.493 e. The van der Waals surface area contributed by atoms with Gasteiger partial charge in [0.25, 0.3) is 0 Å². The molecule has 0 fully saturated rings. The standard InChI is InChI=1S/C25H18F5N3O6/c1-36-3-4-38-19-7-13-11(5-18(19)37-2)25(32-10-31-13)33-14-6-16(35)17(8-15(14)34)39-9-12-20(26)22(28)24(30)23(29)21(12)27/h5-8,10H,3-4,9H2,1-2H3,(H,31,32,33). The molecule has 1 heterocycles. The van der Waals surface area contributed by atoms with Crippen molar-refractivity contribution in [2.75, 3.05) is 32.8 Å². The number of ketones is 2. The average Bonchev–Trinajstić information content (AvgIpc) is 2.93. The van der Waals surface area contributed by atoms with Crippen molar-refractivity contribution in [3.8, 4) is 11.5 Å². The molecule has 0 aliphatic heterocycles. The predicted octanol–water partition coefficient (Wildman–Crippen LogP) is 3.91. The highest BCUT2D eigenvalue weighted by Gasteiger charge is 2.28. The Morgan fingerprint density at radius 3 is 2.15 bits per heavy atom. The fraction of sp³-hybridized carbons (Fsp3) is 0.200. The van der Waals surface area contributed by atoms with Crippen LogP contribution in [0.25, 0.3) is 10.9 Å². The molecule has 1 aliphatic rings. The lowest BCUT2D eigenvalue weighted by Gasteiger charge is -2.17. The van der Waals surface area contributed by atoms with Gasteiger partial charge in [-0.25, -0.2) is 31.9 Å². The summed E-state index contributed by atoms with van der Waals surface area (Å²) in [6.07, 6.45) is 2.76. The minimum absolute atomic E-state index is 0.133. The van der Waals surface area contributed by atoms with Crippen molar-refractivity contribution in [1.29, 1.82) is 0 Å². The smallest absolute Gasteiger partial charge is 0.222 e. The first-order chi connectivity index (χ1) is 18.7. The molecule has 0 saturated heterocycles. The molecule has 9 nitrogen and oxygen atoms in total. The van der Waals surface area contributed by atoms with E-state index >= 15 is 0 Å². The zero-order valence-electron chi connectivity index (χ0n) is 20.2. The summed E-state index contributed by atoms with van der Waals surface area (Å²) in [6.45, 7) is -0.611. The lowest BCUT2D eigenvalue weighted by atomic mass is 10.1. The lowest BCUT2D eigenvalue weighted by molar-refractivity contribution is -0.117. The summed E-state index contributed by atoms with van der Waals surface area (Å²) in [6, 6.07) is 3.15. The van der Waals surface area contributed by atoms with Gasteiger partial charge in [-0.2, -0.15) is 0 Å². The molecule has 2 aromatic carbocycles. The highest BCUT2D eigenvalue weighted by molar-refractivity contribution is 6.20. The number of fused-ring (bicyclic) bond motifs is 1. The molecule has 14 heteroatoms. The topological polar surface area (TPSA) is 109 Å². The number of rotatable bonds is 10. The van der Waals surface area contributed by atoms with Crippen LogP contribution in [-0.2, 0) is 25.7 Å². The number of methoxy groups -OCH3 is 2. The number of carbonyl (C=O) groups excluding carboxylic acids is 2. The van der Waals surface area contributed by atoms with Crippen LogP contribution in [0, 0.1) is 29.1 Å². The highest BCUT2D eigenvalue weighted by Crippen LogP contribution is 2.34. The molecule has 0 atom stereocenters. The van der Waals surface area contributed by atoms with E-state index in [0.717, 1.165) is 6.08 Å². The zero-order chi connectivity index (χ0) is 28.3. The number of halogens is 5. The molecular weight excluding hydrogens is 533 g/mol. The van der Waals surface area contributed by atoms with Crippen LogP contribution >= 0.6 is 0 Å². The van der Waals surface area contributed by atoms with Crippen LogP contribution in [0.5, 0.6) is 11.5 Å². The van der Waals surface area contributed by atoms with Gasteiger partial charge >= 0.3 is 0 Å². The van der Waals surface area contributed by atoms with Crippen LogP contribution in [0.15, 0.2) is 42.1 Å². The van der Waals surface area contributed by atoms with Crippen molar-refractivity contribution in [2.45, 2.75) is 6.61 Å². The van der Waals surface area contributed by atoms with Gasteiger partial charge in [-0.3, -0.25) is 9.59 Å². The van der Waals surface area contributed by atoms with Gasteiger partial charge in [-0.1, -0.05) is 0 Å². The molecule has 0 spiro atoms. The Bertz CT molecular complexity index is 1510. The Morgan fingerprint density at radius 2 is 1.49 bits per heavy atom. The SMILES string of the molecule is COCCOc1cc2ncnc(NC3=CC(=O)C(OCc4c(F)c(F)c(F)c(F)c4F)=CC3=O)c2cc1OC. The van der Waals surface area contributed by atoms with Crippen LogP contribution in [0.3, 0.4) is 0 Å². The maximum Gasteiger partial charge on any atom is 0.222 e. The third-order valence-electron chi connectivity index (χ3n) is 5.44. The van der Waals surface area contributed by atoms with Crippen molar-refractivity contribution in [2.24, 2.45) is 0 Å². The Labute approximate surface area is 216 Å². The normalized spacial score (nSPS) is 13.3. The van der Waals surface area contributed by atoms with Gasteiger partial charge in [0.2, 0.25) is 17.4 Å². The number of nitrogens with zero attached hydrogens (tertiary/aromatic N) is 2. The van der Waals surface area contributed by atoms with Gasteiger partial charge < -0.3 is 24.3 Å². The quantitative estimate of drug-likeness (QED) is 0.132. The molecule has 1 aliphatic carbocycles. The number of nitrogens with one attached hydrogen (secondary N) is 1. The van der Waals surface area contributed by atoms with Crippen molar-refractivity contribution < 1.29 is 50.5 Å². The number of carbonyl (C=O) groups is 2. The molecule has 3 aromatic rings. The number of benzene rings is 2. The van der Waals surface area contributed by atoms with Crippen LogP contribution < -0.4 is 14.8 Å². The van der Waals surface area contributed by atoms with E-state index in [2.05, 4.69) is 15.3 Å². The fourth-order valence-corrected chi connectivity index (χ4v) is 3.48. The number of hydrogen-bond acceptors (Lipinski definition) is 9. The second kappa shape index (κ2) is 11.4. The molecule has 1 aromatic heterocycles. The molecule has 4 rings (SSSR count). The van der Waals surface area contributed by atoms with E-state index in [1.165, 1.54) is 20.5 Å². The van der Waals surface area contributed by atoms with Gasteiger partial charge in [0, 0.05) is 30.7 Å². The minimum atomic E-state index is -2.33. The molecule has 0 radical (unpaired) electrons.